The Morgan fingerprint density at radius 2 is 1.86 bits per heavy atom. The van der Waals surface area contributed by atoms with Gasteiger partial charge in [0.1, 0.15) is 17.1 Å². The maximum Gasteiger partial charge on any atom is 0.335 e. The van der Waals surface area contributed by atoms with E-state index in [9.17, 15) is 14.4 Å². The number of hydrogen-bond donors (Lipinski definition) is 1. The molecule has 0 atom stereocenters. The number of ether oxygens (including phenoxy) is 1. The van der Waals surface area contributed by atoms with Crippen molar-refractivity contribution in [2.75, 3.05) is 29.5 Å². The predicted molar refractivity (Wildman–Crippen MR) is 109 cm³/mol. The average molecular weight is 397 g/mol. The number of barbiturate groups is 1. The van der Waals surface area contributed by atoms with Crippen molar-refractivity contribution in [3.05, 3.63) is 47.7 Å². The summed E-state index contributed by atoms with van der Waals surface area (Å²) in [7, 11) is 0. The molecule has 2 aromatic rings. The minimum absolute atomic E-state index is 0.188. The van der Waals surface area contributed by atoms with Crippen molar-refractivity contribution in [3.8, 4) is 5.75 Å². The Morgan fingerprint density at radius 1 is 1.10 bits per heavy atom. The van der Waals surface area contributed by atoms with E-state index >= 15 is 0 Å². The maximum absolute atomic E-state index is 13.0. The predicted octanol–water partition coefficient (Wildman–Crippen LogP) is 3.19. The van der Waals surface area contributed by atoms with E-state index in [1.165, 1.54) is 6.08 Å². The summed E-state index contributed by atoms with van der Waals surface area (Å²) in [5.41, 5.74) is 0.118. The van der Waals surface area contributed by atoms with Gasteiger partial charge in [-0.1, -0.05) is 6.07 Å². The molecule has 8 heteroatoms. The summed E-state index contributed by atoms with van der Waals surface area (Å²) in [4.78, 5) is 40.5. The van der Waals surface area contributed by atoms with Crippen LogP contribution in [0.5, 0.6) is 5.75 Å². The zero-order valence-corrected chi connectivity index (χ0v) is 16.6. The van der Waals surface area contributed by atoms with Gasteiger partial charge in [0.2, 0.25) is 0 Å². The third-order valence-electron chi connectivity index (χ3n) is 4.46. The number of nitrogens with one attached hydrogen (secondary N) is 1. The minimum atomic E-state index is -0.811. The molecule has 0 unspecified atom stereocenters. The van der Waals surface area contributed by atoms with E-state index < -0.39 is 17.8 Å². The lowest BCUT2D eigenvalue weighted by Crippen LogP contribution is -2.54. The molecule has 4 amide bonds. The van der Waals surface area contributed by atoms with Crippen molar-refractivity contribution in [2.24, 2.45) is 0 Å². The molecule has 0 aliphatic carbocycles. The number of furan rings is 1. The van der Waals surface area contributed by atoms with Gasteiger partial charge in [0.05, 0.1) is 12.3 Å². The lowest BCUT2D eigenvalue weighted by Gasteiger charge is -2.26. The van der Waals surface area contributed by atoms with Crippen molar-refractivity contribution in [2.45, 2.75) is 20.8 Å². The fourth-order valence-corrected chi connectivity index (χ4v) is 3.04. The first-order valence-electron chi connectivity index (χ1n) is 9.47. The molecule has 1 N–H and O–H groups in total. The molecule has 0 saturated carbocycles. The Balaban J connectivity index is 1.93. The summed E-state index contributed by atoms with van der Waals surface area (Å²) in [6.07, 6.45) is 1.34. The highest BCUT2D eigenvalue weighted by molar-refractivity contribution is 6.39. The highest BCUT2D eigenvalue weighted by atomic mass is 16.5. The van der Waals surface area contributed by atoms with Gasteiger partial charge in [0.15, 0.2) is 5.88 Å². The molecule has 2 heterocycles. The molecule has 8 nitrogen and oxygen atoms in total. The van der Waals surface area contributed by atoms with Gasteiger partial charge in [0.25, 0.3) is 11.8 Å². The highest BCUT2D eigenvalue weighted by Gasteiger charge is 2.37. The third kappa shape index (κ3) is 4.16. The molecular formula is C21H23N3O5. The first-order valence-corrected chi connectivity index (χ1v) is 9.47. The van der Waals surface area contributed by atoms with E-state index in [0.29, 0.717) is 29.7 Å². The van der Waals surface area contributed by atoms with E-state index in [-0.39, 0.29) is 5.57 Å². The number of imide groups is 2. The highest BCUT2D eigenvalue weighted by Crippen LogP contribution is 2.26. The summed E-state index contributed by atoms with van der Waals surface area (Å²) in [6, 6.07) is 9.20. The van der Waals surface area contributed by atoms with Crippen LogP contribution in [0.1, 0.15) is 26.5 Å². The fraction of sp³-hybridized carbons (Fsp3) is 0.286. The quantitative estimate of drug-likeness (QED) is 0.570. The van der Waals surface area contributed by atoms with Crippen LogP contribution in [0.15, 0.2) is 46.4 Å². The molecule has 1 aliphatic rings. The molecule has 0 bridgehead atoms. The van der Waals surface area contributed by atoms with E-state index in [1.807, 2.05) is 25.7 Å². The van der Waals surface area contributed by atoms with Crippen molar-refractivity contribution in [1.82, 2.24) is 5.32 Å². The number of rotatable bonds is 7. The van der Waals surface area contributed by atoms with Crippen LogP contribution in [0.25, 0.3) is 6.08 Å². The molecule has 1 aromatic heterocycles. The standard InChI is InChI=1S/C21H23N3O5/c1-4-23(5-2)18-11-10-16(29-18)13-17-19(25)22-21(27)24(20(17)26)14-8-7-9-15(12-14)28-6-3/h7-13H,4-6H2,1-3H3,(H,22,25,27)/b17-13+. The largest absolute Gasteiger partial charge is 0.494 e. The number of amides is 4. The number of nitrogens with zero attached hydrogens (tertiary/aromatic N) is 2. The third-order valence-corrected chi connectivity index (χ3v) is 4.46. The summed E-state index contributed by atoms with van der Waals surface area (Å²) in [5.74, 6) is 0.0137. The summed E-state index contributed by atoms with van der Waals surface area (Å²) in [6.45, 7) is 7.81. The van der Waals surface area contributed by atoms with Crippen LogP contribution in [0.2, 0.25) is 0 Å². The van der Waals surface area contributed by atoms with Gasteiger partial charge in [0, 0.05) is 25.2 Å². The van der Waals surface area contributed by atoms with Gasteiger partial charge in [-0.2, -0.15) is 0 Å². The summed E-state index contributed by atoms with van der Waals surface area (Å²) in [5, 5.41) is 2.20. The van der Waals surface area contributed by atoms with Gasteiger partial charge < -0.3 is 14.1 Å². The molecule has 152 valence electrons. The van der Waals surface area contributed by atoms with Crippen molar-refractivity contribution in [1.29, 1.82) is 0 Å². The normalized spacial score (nSPS) is 15.6. The van der Waals surface area contributed by atoms with Crippen LogP contribution < -0.4 is 19.9 Å². The van der Waals surface area contributed by atoms with Crippen LogP contribution in [0, 0.1) is 0 Å². The molecule has 0 radical (unpaired) electrons. The maximum atomic E-state index is 13.0. The van der Waals surface area contributed by atoms with Crippen LogP contribution in [0.4, 0.5) is 16.4 Å². The lowest BCUT2D eigenvalue weighted by atomic mass is 10.1. The fourth-order valence-electron chi connectivity index (χ4n) is 3.04. The molecule has 1 saturated heterocycles. The van der Waals surface area contributed by atoms with Crippen LogP contribution in [-0.2, 0) is 9.59 Å². The number of benzene rings is 1. The Hall–Kier alpha value is -3.55. The van der Waals surface area contributed by atoms with Crippen LogP contribution in [0.3, 0.4) is 0 Å². The van der Waals surface area contributed by atoms with Gasteiger partial charge in [-0.3, -0.25) is 14.9 Å². The van der Waals surface area contributed by atoms with Gasteiger partial charge in [-0.05, 0) is 45.0 Å². The zero-order chi connectivity index (χ0) is 21.0. The van der Waals surface area contributed by atoms with Crippen molar-refractivity contribution < 1.29 is 23.5 Å². The van der Waals surface area contributed by atoms with E-state index in [1.54, 1.807) is 36.4 Å². The topological polar surface area (TPSA) is 92.1 Å². The van der Waals surface area contributed by atoms with Gasteiger partial charge in [-0.15, -0.1) is 0 Å². The Morgan fingerprint density at radius 3 is 2.55 bits per heavy atom. The van der Waals surface area contributed by atoms with Gasteiger partial charge >= 0.3 is 6.03 Å². The van der Waals surface area contributed by atoms with Gasteiger partial charge in [-0.25, -0.2) is 9.69 Å². The molecule has 1 fully saturated rings. The number of hydrogen-bond acceptors (Lipinski definition) is 6. The monoisotopic (exact) mass is 397 g/mol. The minimum Gasteiger partial charge on any atom is -0.494 e. The van der Waals surface area contributed by atoms with Crippen molar-refractivity contribution in [3.63, 3.8) is 0 Å². The lowest BCUT2D eigenvalue weighted by molar-refractivity contribution is -0.122. The number of carbonyl (C=O) groups excluding carboxylic acids is 3. The second-order valence-electron chi connectivity index (χ2n) is 6.24. The Bertz CT molecular complexity index is 959. The first-order chi connectivity index (χ1) is 14.0. The van der Waals surface area contributed by atoms with Crippen LogP contribution in [-0.4, -0.2) is 37.5 Å². The van der Waals surface area contributed by atoms with Crippen molar-refractivity contribution >= 4 is 35.5 Å². The first kappa shape index (κ1) is 20.2. The van der Waals surface area contributed by atoms with E-state index in [0.717, 1.165) is 18.0 Å². The van der Waals surface area contributed by atoms with Crippen LogP contribution >= 0.6 is 0 Å². The number of urea groups is 1. The number of carbonyl (C=O) groups is 3. The Kier molecular flexibility index (Phi) is 6.01. The number of anilines is 2. The zero-order valence-electron chi connectivity index (χ0n) is 16.6. The second kappa shape index (κ2) is 8.64. The second-order valence-corrected chi connectivity index (χ2v) is 6.24. The average Bonchev–Trinajstić information content (AvgIpc) is 3.15. The molecule has 1 aliphatic heterocycles. The SMILES string of the molecule is CCOc1cccc(N2C(=O)NC(=O)/C(=C\c3ccc(N(CC)CC)o3)C2=O)c1. The summed E-state index contributed by atoms with van der Waals surface area (Å²) < 4.78 is 11.2. The molecular weight excluding hydrogens is 374 g/mol. The molecule has 3 rings (SSSR count). The smallest absolute Gasteiger partial charge is 0.335 e. The molecule has 29 heavy (non-hydrogen) atoms. The summed E-state index contributed by atoms with van der Waals surface area (Å²) >= 11 is 0. The van der Waals surface area contributed by atoms with E-state index in [2.05, 4.69) is 5.32 Å². The Labute approximate surface area is 168 Å². The molecule has 0 spiro atoms. The van der Waals surface area contributed by atoms with E-state index in [4.69, 9.17) is 9.15 Å². The molecule has 1 aromatic carbocycles.